The predicted octanol–water partition coefficient (Wildman–Crippen LogP) is 3.31. The Morgan fingerprint density at radius 2 is 1.89 bits per heavy atom. The van der Waals surface area contributed by atoms with E-state index >= 15 is 0 Å². The molecule has 100 valence electrons. The third-order valence-corrected chi connectivity index (χ3v) is 3.40. The number of nitrogens with two attached hydrogens (primary N) is 1. The van der Waals surface area contributed by atoms with E-state index < -0.39 is 0 Å². The quantitative estimate of drug-likeness (QED) is 0.802. The summed E-state index contributed by atoms with van der Waals surface area (Å²) in [4.78, 5) is 0. The molecule has 1 atom stereocenters. The van der Waals surface area contributed by atoms with Crippen LogP contribution in [0.5, 0.6) is 0 Å². The predicted molar refractivity (Wildman–Crippen MR) is 75.5 cm³/mol. The number of ether oxygens (including phenoxy) is 1. The molecule has 1 unspecified atom stereocenters. The molecule has 1 fully saturated rings. The molecule has 0 radical (unpaired) electrons. The molecule has 0 spiro atoms. The molecule has 2 N–H and O–H groups in total. The van der Waals surface area contributed by atoms with Gasteiger partial charge in [0.2, 0.25) is 0 Å². The van der Waals surface area contributed by atoms with Crippen LogP contribution in [-0.4, -0.2) is 13.2 Å². The van der Waals surface area contributed by atoms with Crippen molar-refractivity contribution < 1.29 is 4.74 Å². The average Bonchev–Trinajstić information content (AvgIpc) is 3.13. The van der Waals surface area contributed by atoms with Crippen LogP contribution in [0.4, 0.5) is 0 Å². The Bertz CT molecular complexity index is 354. The van der Waals surface area contributed by atoms with Crippen LogP contribution in [0.25, 0.3) is 0 Å². The summed E-state index contributed by atoms with van der Waals surface area (Å²) in [5.41, 5.74) is 8.70. The fourth-order valence-electron chi connectivity index (χ4n) is 2.11. The second kappa shape index (κ2) is 6.35. The van der Waals surface area contributed by atoms with Gasteiger partial charge in [0.05, 0.1) is 12.6 Å². The highest BCUT2D eigenvalue weighted by Gasteiger charge is 2.21. The Hall–Kier alpha value is -0.860. The minimum absolute atomic E-state index is 0.0110. The standard InChI is InChI=1S/C16H25NO/c1-12(2)9-13-5-7-15(8-6-13)16(17)11-18-10-14-3-4-14/h5-8,12,14,16H,3-4,9-11,17H2,1-2H3. The highest BCUT2D eigenvalue weighted by Crippen LogP contribution is 2.29. The fraction of sp³-hybridized carbons (Fsp3) is 0.625. The molecule has 0 saturated heterocycles. The fourth-order valence-corrected chi connectivity index (χ4v) is 2.11. The Labute approximate surface area is 111 Å². The van der Waals surface area contributed by atoms with Gasteiger partial charge in [-0.1, -0.05) is 38.1 Å². The van der Waals surface area contributed by atoms with E-state index in [0.29, 0.717) is 12.5 Å². The van der Waals surface area contributed by atoms with Crippen molar-refractivity contribution in [2.24, 2.45) is 17.6 Å². The van der Waals surface area contributed by atoms with Gasteiger partial charge in [0.15, 0.2) is 0 Å². The Kier molecular flexibility index (Phi) is 4.79. The summed E-state index contributed by atoms with van der Waals surface area (Å²) in [6, 6.07) is 8.68. The molecule has 0 aliphatic heterocycles. The lowest BCUT2D eigenvalue weighted by molar-refractivity contribution is 0.112. The van der Waals surface area contributed by atoms with Crippen molar-refractivity contribution >= 4 is 0 Å². The molecule has 2 rings (SSSR count). The first-order valence-electron chi connectivity index (χ1n) is 7.07. The van der Waals surface area contributed by atoms with Gasteiger partial charge in [0.25, 0.3) is 0 Å². The minimum Gasteiger partial charge on any atom is -0.379 e. The maximum absolute atomic E-state index is 6.13. The molecule has 1 aromatic carbocycles. The van der Waals surface area contributed by atoms with Gasteiger partial charge < -0.3 is 10.5 Å². The average molecular weight is 247 g/mol. The van der Waals surface area contributed by atoms with E-state index in [-0.39, 0.29) is 6.04 Å². The van der Waals surface area contributed by atoms with Crippen LogP contribution in [-0.2, 0) is 11.2 Å². The number of hydrogen-bond acceptors (Lipinski definition) is 2. The van der Waals surface area contributed by atoms with Crippen molar-refractivity contribution in [3.63, 3.8) is 0 Å². The van der Waals surface area contributed by atoms with Gasteiger partial charge in [0.1, 0.15) is 0 Å². The van der Waals surface area contributed by atoms with E-state index in [0.717, 1.165) is 18.9 Å². The first kappa shape index (κ1) is 13.6. The summed E-state index contributed by atoms with van der Waals surface area (Å²) < 4.78 is 5.64. The topological polar surface area (TPSA) is 35.2 Å². The van der Waals surface area contributed by atoms with Crippen molar-refractivity contribution in [3.8, 4) is 0 Å². The van der Waals surface area contributed by atoms with Crippen LogP contribution in [0.15, 0.2) is 24.3 Å². The molecule has 0 amide bonds. The van der Waals surface area contributed by atoms with E-state index in [1.54, 1.807) is 0 Å². The van der Waals surface area contributed by atoms with Crippen molar-refractivity contribution in [1.29, 1.82) is 0 Å². The molecular formula is C16H25NO. The molecule has 1 aliphatic carbocycles. The van der Waals surface area contributed by atoms with Gasteiger partial charge in [-0.25, -0.2) is 0 Å². The molecular weight excluding hydrogens is 222 g/mol. The largest absolute Gasteiger partial charge is 0.379 e. The second-order valence-electron chi connectivity index (χ2n) is 5.93. The minimum atomic E-state index is 0.0110. The molecule has 1 aromatic rings. The van der Waals surface area contributed by atoms with E-state index in [2.05, 4.69) is 38.1 Å². The van der Waals surface area contributed by atoms with Crippen LogP contribution >= 0.6 is 0 Å². The summed E-state index contributed by atoms with van der Waals surface area (Å²) in [5.74, 6) is 1.51. The lowest BCUT2D eigenvalue weighted by Crippen LogP contribution is -2.17. The van der Waals surface area contributed by atoms with Crippen molar-refractivity contribution in [1.82, 2.24) is 0 Å². The highest BCUT2D eigenvalue weighted by molar-refractivity contribution is 5.25. The Morgan fingerprint density at radius 3 is 2.44 bits per heavy atom. The van der Waals surface area contributed by atoms with Gasteiger partial charge in [-0.05, 0) is 42.2 Å². The van der Waals surface area contributed by atoms with Crippen LogP contribution in [0, 0.1) is 11.8 Å². The number of rotatable bonds is 7. The lowest BCUT2D eigenvalue weighted by atomic mass is 10.00. The van der Waals surface area contributed by atoms with Crippen molar-refractivity contribution in [2.45, 2.75) is 39.2 Å². The maximum Gasteiger partial charge on any atom is 0.0659 e. The summed E-state index contributed by atoms with van der Waals surface area (Å²) in [7, 11) is 0. The molecule has 0 bridgehead atoms. The third kappa shape index (κ3) is 4.43. The van der Waals surface area contributed by atoms with Crippen LogP contribution in [0.2, 0.25) is 0 Å². The summed E-state index contributed by atoms with van der Waals surface area (Å²) in [5, 5.41) is 0. The first-order chi connectivity index (χ1) is 8.65. The molecule has 2 nitrogen and oxygen atoms in total. The first-order valence-corrected chi connectivity index (χ1v) is 7.07. The second-order valence-corrected chi connectivity index (χ2v) is 5.93. The zero-order valence-electron chi connectivity index (χ0n) is 11.6. The zero-order chi connectivity index (χ0) is 13.0. The van der Waals surface area contributed by atoms with Crippen LogP contribution in [0.3, 0.4) is 0 Å². The van der Waals surface area contributed by atoms with Crippen LogP contribution in [0.1, 0.15) is 43.9 Å². The van der Waals surface area contributed by atoms with Gasteiger partial charge in [0, 0.05) is 6.61 Å². The number of benzene rings is 1. The summed E-state index contributed by atoms with van der Waals surface area (Å²) in [6.07, 6.45) is 3.80. The van der Waals surface area contributed by atoms with Gasteiger partial charge in [-0.2, -0.15) is 0 Å². The molecule has 2 heteroatoms. The molecule has 18 heavy (non-hydrogen) atoms. The third-order valence-electron chi connectivity index (χ3n) is 3.40. The monoisotopic (exact) mass is 247 g/mol. The van der Waals surface area contributed by atoms with Crippen molar-refractivity contribution in [3.05, 3.63) is 35.4 Å². The maximum atomic E-state index is 6.13. The normalized spacial score (nSPS) is 17.1. The van der Waals surface area contributed by atoms with E-state index in [9.17, 15) is 0 Å². The Balaban J connectivity index is 1.79. The van der Waals surface area contributed by atoms with Crippen LogP contribution < -0.4 is 5.73 Å². The lowest BCUT2D eigenvalue weighted by Gasteiger charge is -2.13. The number of hydrogen-bond donors (Lipinski definition) is 1. The molecule has 0 heterocycles. The van der Waals surface area contributed by atoms with Gasteiger partial charge in [-0.3, -0.25) is 0 Å². The summed E-state index contributed by atoms with van der Waals surface area (Å²) in [6.45, 7) is 6.01. The molecule has 1 saturated carbocycles. The van der Waals surface area contributed by atoms with Gasteiger partial charge in [-0.15, -0.1) is 0 Å². The molecule has 0 aromatic heterocycles. The Morgan fingerprint density at radius 1 is 1.22 bits per heavy atom. The highest BCUT2D eigenvalue weighted by atomic mass is 16.5. The molecule has 1 aliphatic rings. The van der Waals surface area contributed by atoms with Crippen molar-refractivity contribution in [2.75, 3.05) is 13.2 Å². The summed E-state index contributed by atoms with van der Waals surface area (Å²) >= 11 is 0. The zero-order valence-corrected chi connectivity index (χ0v) is 11.6. The van der Waals surface area contributed by atoms with E-state index in [1.807, 2.05) is 0 Å². The smallest absolute Gasteiger partial charge is 0.0659 e. The van der Waals surface area contributed by atoms with E-state index in [4.69, 9.17) is 10.5 Å². The SMILES string of the molecule is CC(C)Cc1ccc(C(N)COCC2CC2)cc1. The van der Waals surface area contributed by atoms with Gasteiger partial charge >= 0.3 is 0 Å². The van der Waals surface area contributed by atoms with E-state index in [1.165, 1.54) is 24.0 Å².